The Balaban J connectivity index is 1.83. The Morgan fingerprint density at radius 1 is 1.14 bits per heavy atom. The van der Waals surface area contributed by atoms with E-state index >= 15 is 0 Å². The number of furan rings is 1. The molecule has 146 valence electrons. The van der Waals surface area contributed by atoms with Gasteiger partial charge in [-0.3, -0.25) is 9.36 Å². The van der Waals surface area contributed by atoms with Crippen LogP contribution < -0.4 is 5.56 Å². The van der Waals surface area contributed by atoms with E-state index in [4.69, 9.17) is 14.1 Å². The number of thioether (sulfide) groups is 1. The summed E-state index contributed by atoms with van der Waals surface area (Å²) < 4.78 is 11.6. The fourth-order valence-corrected chi connectivity index (χ4v) is 4.08. The number of hydrogen-bond donors (Lipinski definition) is 0. The largest absolute Gasteiger partial charge is 0.463 e. The van der Waals surface area contributed by atoms with Crippen LogP contribution >= 0.6 is 11.8 Å². The number of aryl methyl sites for hydroxylation is 1. The molecule has 0 radical (unpaired) electrons. The van der Waals surface area contributed by atoms with Crippen LogP contribution in [0.25, 0.3) is 16.6 Å². The van der Waals surface area contributed by atoms with Crippen LogP contribution in [0, 0.1) is 6.92 Å². The Morgan fingerprint density at radius 2 is 1.90 bits per heavy atom. The molecule has 0 atom stereocenters. The molecule has 2 aromatic carbocycles. The molecule has 0 N–H and O–H groups in total. The summed E-state index contributed by atoms with van der Waals surface area (Å²) in [6.07, 6.45) is 1.45. The van der Waals surface area contributed by atoms with Gasteiger partial charge in [-0.25, -0.2) is 9.78 Å². The molecule has 0 unspecified atom stereocenters. The van der Waals surface area contributed by atoms with Crippen LogP contribution in [-0.2, 0) is 10.5 Å². The van der Waals surface area contributed by atoms with Gasteiger partial charge in [0, 0.05) is 11.3 Å². The summed E-state index contributed by atoms with van der Waals surface area (Å²) in [6, 6.07) is 16.7. The lowest BCUT2D eigenvalue weighted by Gasteiger charge is -2.15. The maximum absolute atomic E-state index is 13.3. The Morgan fingerprint density at radius 3 is 2.69 bits per heavy atom. The lowest BCUT2D eigenvalue weighted by molar-refractivity contribution is 0.0564. The number of carbonyl (C=O) groups is 1. The molecule has 0 fully saturated rings. The Hall–Kier alpha value is -3.32. The fourth-order valence-electron chi connectivity index (χ4n) is 3.10. The fraction of sp³-hybridized carbons (Fsp3) is 0.136. The van der Waals surface area contributed by atoms with Crippen molar-refractivity contribution in [3.8, 4) is 5.69 Å². The topological polar surface area (TPSA) is 74.3 Å². The van der Waals surface area contributed by atoms with E-state index in [-0.39, 0.29) is 11.3 Å². The van der Waals surface area contributed by atoms with Crippen LogP contribution in [0.2, 0.25) is 0 Å². The molecule has 2 heterocycles. The summed E-state index contributed by atoms with van der Waals surface area (Å²) in [5, 5.41) is 1.10. The molecule has 0 bridgehead atoms. The third-order valence-corrected chi connectivity index (χ3v) is 5.56. The zero-order valence-corrected chi connectivity index (χ0v) is 16.7. The number of esters is 1. The van der Waals surface area contributed by atoms with Crippen LogP contribution in [0.15, 0.2) is 75.2 Å². The van der Waals surface area contributed by atoms with Crippen LogP contribution in [0.4, 0.5) is 0 Å². The third kappa shape index (κ3) is 3.56. The van der Waals surface area contributed by atoms with Crippen LogP contribution in [-0.4, -0.2) is 22.6 Å². The Labute approximate surface area is 171 Å². The van der Waals surface area contributed by atoms with Gasteiger partial charge in [-0.1, -0.05) is 42.1 Å². The van der Waals surface area contributed by atoms with Gasteiger partial charge >= 0.3 is 5.97 Å². The van der Waals surface area contributed by atoms with Crippen LogP contribution in [0.5, 0.6) is 0 Å². The third-order valence-electron chi connectivity index (χ3n) is 4.58. The lowest BCUT2D eigenvalue weighted by Crippen LogP contribution is -2.22. The van der Waals surface area contributed by atoms with Gasteiger partial charge in [-0.05, 0) is 36.8 Å². The minimum atomic E-state index is -0.534. The van der Waals surface area contributed by atoms with Gasteiger partial charge in [-0.2, -0.15) is 0 Å². The second kappa shape index (κ2) is 7.97. The molecule has 4 aromatic rings. The molecule has 2 aromatic heterocycles. The van der Waals surface area contributed by atoms with Gasteiger partial charge in [0.15, 0.2) is 5.16 Å². The highest BCUT2D eigenvalue weighted by Crippen LogP contribution is 2.27. The number of nitrogens with zero attached hydrogens (tertiary/aromatic N) is 2. The number of fused-ring (bicyclic) bond motifs is 1. The van der Waals surface area contributed by atoms with Gasteiger partial charge in [-0.15, -0.1) is 0 Å². The predicted octanol–water partition coefficient (Wildman–Crippen LogP) is 4.37. The second-order valence-corrected chi connectivity index (χ2v) is 7.34. The highest BCUT2D eigenvalue weighted by Gasteiger charge is 2.19. The number of hydrogen-bond acceptors (Lipinski definition) is 6. The first-order valence-corrected chi connectivity index (χ1v) is 9.94. The molecule has 0 amide bonds. The first kappa shape index (κ1) is 19.0. The number of para-hydroxylation sites is 2. The SMILES string of the molecule is COC(=O)c1occc1CSc1nc2ccccc2c(=O)n1-c1ccccc1C. The molecule has 0 saturated carbocycles. The predicted molar refractivity (Wildman–Crippen MR) is 112 cm³/mol. The first-order chi connectivity index (χ1) is 14.1. The Kier molecular flexibility index (Phi) is 5.22. The maximum atomic E-state index is 13.3. The van der Waals surface area contributed by atoms with Crippen molar-refractivity contribution >= 4 is 28.6 Å². The summed E-state index contributed by atoms with van der Waals surface area (Å²) in [5.74, 6) is 0.0244. The molecular formula is C22H18N2O4S. The summed E-state index contributed by atoms with van der Waals surface area (Å²) in [5.41, 5.74) is 2.92. The summed E-state index contributed by atoms with van der Waals surface area (Å²) in [7, 11) is 1.31. The van der Waals surface area contributed by atoms with Crippen molar-refractivity contribution in [1.82, 2.24) is 9.55 Å². The molecule has 4 rings (SSSR count). The highest BCUT2D eigenvalue weighted by molar-refractivity contribution is 7.98. The quantitative estimate of drug-likeness (QED) is 0.278. The molecule has 0 aliphatic carbocycles. The van der Waals surface area contributed by atoms with E-state index in [0.717, 1.165) is 11.3 Å². The normalized spacial score (nSPS) is 11.0. The van der Waals surface area contributed by atoms with Crippen molar-refractivity contribution in [1.29, 1.82) is 0 Å². The van der Waals surface area contributed by atoms with E-state index in [9.17, 15) is 9.59 Å². The van der Waals surface area contributed by atoms with Gasteiger partial charge in [0.05, 0.1) is 30.0 Å². The lowest BCUT2D eigenvalue weighted by atomic mass is 10.2. The molecule has 0 spiro atoms. The van der Waals surface area contributed by atoms with E-state index in [2.05, 4.69) is 0 Å². The standard InChI is InChI=1S/C22H18N2O4S/c1-14-7-3-6-10-18(14)24-20(25)16-8-4-5-9-17(16)23-22(24)29-13-15-11-12-28-19(15)21(26)27-2/h3-12H,13H2,1-2H3. The summed E-state index contributed by atoms with van der Waals surface area (Å²) in [4.78, 5) is 29.9. The van der Waals surface area contributed by atoms with Crippen molar-refractivity contribution in [3.63, 3.8) is 0 Å². The van der Waals surface area contributed by atoms with Crippen molar-refractivity contribution in [2.45, 2.75) is 17.8 Å². The summed E-state index contributed by atoms with van der Waals surface area (Å²) in [6.45, 7) is 1.96. The molecule has 29 heavy (non-hydrogen) atoms. The van der Waals surface area contributed by atoms with Crippen molar-refractivity contribution < 1.29 is 13.9 Å². The molecule has 0 saturated heterocycles. The first-order valence-electron chi connectivity index (χ1n) is 8.95. The van der Waals surface area contributed by atoms with E-state index in [1.165, 1.54) is 25.1 Å². The number of rotatable bonds is 5. The molecule has 0 aliphatic heterocycles. The minimum Gasteiger partial charge on any atom is -0.463 e. The van der Waals surface area contributed by atoms with E-state index in [1.807, 2.05) is 49.4 Å². The monoisotopic (exact) mass is 406 g/mol. The summed E-state index contributed by atoms with van der Waals surface area (Å²) >= 11 is 1.36. The van der Waals surface area contributed by atoms with E-state index in [0.29, 0.717) is 27.4 Å². The van der Waals surface area contributed by atoms with Gasteiger partial charge < -0.3 is 9.15 Å². The average molecular weight is 406 g/mol. The molecular weight excluding hydrogens is 388 g/mol. The molecule has 0 aliphatic rings. The van der Waals surface area contributed by atoms with E-state index in [1.54, 1.807) is 16.7 Å². The number of carbonyl (C=O) groups excluding carboxylic acids is 1. The second-order valence-electron chi connectivity index (χ2n) is 6.39. The number of ether oxygens (including phenoxy) is 1. The van der Waals surface area contributed by atoms with Crippen molar-refractivity contribution in [2.75, 3.05) is 7.11 Å². The van der Waals surface area contributed by atoms with E-state index < -0.39 is 5.97 Å². The van der Waals surface area contributed by atoms with Gasteiger partial charge in [0.2, 0.25) is 5.76 Å². The Bertz CT molecular complexity index is 1260. The number of aromatic nitrogens is 2. The molecule has 7 heteroatoms. The zero-order valence-electron chi connectivity index (χ0n) is 15.9. The number of methoxy groups -OCH3 is 1. The highest BCUT2D eigenvalue weighted by atomic mass is 32.2. The van der Waals surface area contributed by atoms with Crippen LogP contribution in [0.1, 0.15) is 21.7 Å². The van der Waals surface area contributed by atoms with Gasteiger partial charge in [0.1, 0.15) is 0 Å². The average Bonchev–Trinajstić information content (AvgIpc) is 3.21. The zero-order chi connectivity index (χ0) is 20.4. The van der Waals surface area contributed by atoms with Gasteiger partial charge in [0.25, 0.3) is 5.56 Å². The maximum Gasteiger partial charge on any atom is 0.374 e. The van der Waals surface area contributed by atoms with Crippen molar-refractivity contribution in [2.24, 2.45) is 0 Å². The van der Waals surface area contributed by atoms with Crippen LogP contribution in [0.3, 0.4) is 0 Å². The molecule has 6 nitrogen and oxygen atoms in total. The minimum absolute atomic E-state index is 0.132. The number of benzene rings is 2. The van der Waals surface area contributed by atoms with Crippen molar-refractivity contribution in [3.05, 3.63) is 88.1 Å². The smallest absolute Gasteiger partial charge is 0.374 e.